The first kappa shape index (κ1) is 19.4. The molecule has 2 atom stereocenters. The number of amides is 1. The Hall–Kier alpha value is -0.960. The zero-order valence-electron chi connectivity index (χ0n) is 13.7. The summed E-state index contributed by atoms with van der Waals surface area (Å²) in [6, 6.07) is 4.88. The van der Waals surface area contributed by atoms with Crippen LogP contribution >= 0.6 is 15.9 Å². The van der Waals surface area contributed by atoms with Gasteiger partial charge < -0.3 is 9.47 Å². The van der Waals surface area contributed by atoms with E-state index in [4.69, 9.17) is 9.47 Å². The standard InChI is InChI=1S/C16H22BrNO5S/c1-11-6-7-13(17)9-15(11)24(20,21)18-16(19)12(2)23-10-14-5-3-4-8-22-14/h6-7,9,12,14H,3-5,8,10H2,1-2H3,(H,18,19)/t12-,14-/m0/s1. The quantitative estimate of drug-likeness (QED) is 0.765. The Morgan fingerprint density at radius 2 is 2.21 bits per heavy atom. The van der Waals surface area contributed by atoms with Gasteiger partial charge in [0.1, 0.15) is 6.10 Å². The number of ether oxygens (including phenoxy) is 2. The van der Waals surface area contributed by atoms with E-state index in [1.165, 1.54) is 13.0 Å². The van der Waals surface area contributed by atoms with Gasteiger partial charge in [-0.2, -0.15) is 0 Å². The normalized spacial score (nSPS) is 19.7. The highest BCUT2D eigenvalue weighted by Crippen LogP contribution is 2.20. The van der Waals surface area contributed by atoms with Crippen molar-refractivity contribution in [1.29, 1.82) is 0 Å². The Balaban J connectivity index is 1.95. The lowest BCUT2D eigenvalue weighted by atomic mass is 10.1. The predicted molar refractivity (Wildman–Crippen MR) is 93.2 cm³/mol. The van der Waals surface area contributed by atoms with Gasteiger partial charge in [-0.25, -0.2) is 13.1 Å². The van der Waals surface area contributed by atoms with E-state index in [9.17, 15) is 13.2 Å². The fraction of sp³-hybridized carbons (Fsp3) is 0.562. The van der Waals surface area contributed by atoms with E-state index >= 15 is 0 Å². The van der Waals surface area contributed by atoms with E-state index in [-0.39, 0.29) is 17.6 Å². The first-order valence-electron chi connectivity index (χ1n) is 7.85. The molecule has 0 unspecified atom stereocenters. The summed E-state index contributed by atoms with van der Waals surface area (Å²) in [6.45, 7) is 4.18. The number of hydrogen-bond acceptors (Lipinski definition) is 5. The number of carbonyl (C=O) groups excluding carboxylic acids is 1. The molecule has 1 aromatic carbocycles. The van der Waals surface area contributed by atoms with Crippen molar-refractivity contribution in [2.75, 3.05) is 13.2 Å². The van der Waals surface area contributed by atoms with Gasteiger partial charge in [0.2, 0.25) is 0 Å². The molecule has 134 valence electrons. The van der Waals surface area contributed by atoms with E-state index < -0.39 is 22.0 Å². The van der Waals surface area contributed by atoms with Crippen LogP contribution in [0.1, 0.15) is 31.7 Å². The average molecular weight is 420 g/mol. The third kappa shape index (κ3) is 5.27. The average Bonchev–Trinajstić information content (AvgIpc) is 2.55. The molecule has 1 amide bonds. The molecule has 0 aliphatic carbocycles. The maximum absolute atomic E-state index is 12.4. The molecule has 1 saturated heterocycles. The van der Waals surface area contributed by atoms with Gasteiger partial charge in [-0.15, -0.1) is 0 Å². The number of rotatable bonds is 6. The number of aryl methyl sites for hydroxylation is 1. The summed E-state index contributed by atoms with van der Waals surface area (Å²) in [5.41, 5.74) is 0.558. The largest absolute Gasteiger partial charge is 0.376 e. The number of carbonyl (C=O) groups is 1. The monoisotopic (exact) mass is 419 g/mol. The maximum atomic E-state index is 12.4. The minimum absolute atomic E-state index is 0.0297. The van der Waals surface area contributed by atoms with Gasteiger partial charge in [0.15, 0.2) is 0 Å². The Morgan fingerprint density at radius 1 is 1.46 bits per heavy atom. The molecule has 0 spiro atoms. The van der Waals surface area contributed by atoms with Crippen LogP contribution in [0.5, 0.6) is 0 Å². The van der Waals surface area contributed by atoms with Crippen LogP contribution in [-0.2, 0) is 24.3 Å². The van der Waals surface area contributed by atoms with Crippen LogP contribution in [0.4, 0.5) is 0 Å². The number of hydrogen-bond donors (Lipinski definition) is 1. The lowest BCUT2D eigenvalue weighted by Crippen LogP contribution is -2.40. The summed E-state index contributed by atoms with van der Waals surface area (Å²) in [5, 5.41) is 0. The third-order valence-electron chi connectivity index (χ3n) is 3.85. The van der Waals surface area contributed by atoms with Crippen LogP contribution in [0.2, 0.25) is 0 Å². The summed E-state index contributed by atoms with van der Waals surface area (Å²) in [4.78, 5) is 12.2. The molecular formula is C16H22BrNO5S. The van der Waals surface area contributed by atoms with Crippen molar-refractivity contribution in [3.05, 3.63) is 28.2 Å². The molecule has 1 fully saturated rings. The molecule has 8 heteroatoms. The molecule has 1 N–H and O–H groups in total. The van der Waals surface area contributed by atoms with Crippen molar-refractivity contribution in [3.63, 3.8) is 0 Å². The molecule has 0 radical (unpaired) electrons. The second-order valence-electron chi connectivity index (χ2n) is 5.84. The van der Waals surface area contributed by atoms with Gasteiger partial charge in [-0.1, -0.05) is 22.0 Å². The molecular weight excluding hydrogens is 398 g/mol. The van der Waals surface area contributed by atoms with Gasteiger partial charge in [0, 0.05) is 11.1 Å². The second kappa shape index (κ2) is 8.42. The van der Waals surface area contributed by atoms with Crippen LogP contribution in [0, 0.1) is 6.92 Å². The summed E-state index contributed by atoms with van der Waals surface area (Å²) in [7, 11) is -3.94. The minimum Gasteiger partial charge on any atom is -0.376 e. The lowest BCUT2D eigenvalue weighted by Gasteiger charge is -2.23. The van der Waals surface area contributed by atoms with Crippen LogP contribution < -0.4 is 4.72 Å². The van der Waals surface area contributed by atoms with E-state index in [1.54, 1.807) is 19.1 Å². The van der Waals surface area contributed by atoms with Gasteiger partial charge >= 0.3 is 0 Å². The van der Waals surface area contributed by atoms with E-state index in [0.29, 0.717) is 16.6 Å². The summed E-state index contributed by atoms with van der Waals surface area (Å²) in [6.07, 6.45) is 2.10. The molecule has 0 aromatic heterocycles. The first-order chi connectivity index (χ1) is 11.3. The first-order valence-corrected chi connectivity index (χ1v) is 10.1. The van der Waals surface area contributed by atoms with Gasteiger partial charge in [-0.05, 0) is 50.8 Å². The van der Waals surface area contributed by atoms with Crippen LogP contribution in [0.15, 0.2) is 27.6 Å². The second-order valence-corrected chi connectivity index (χ2v) is 8.41. The Morgan fingerprint density at radius 3 is 2.88 bits per heavy atom. The zero-order chi connectivity index (χ0) is 17.7. The highest BCUT2D eigenvalue weighted by molar-refractivity contribution is 9.10. The van der Waals surface area contributed by atoms with Gasteiger partial charge in [-0.3, -0.25) is 4.79 Å². The maximum Gasteiger partial charge on any atom is 0.264 e. The van der Waals surface area contributed by atoms with Crippen molar-refractivity contribution >= 4 is 31.9 Å². The van der Waals surface area contributed by atoms with E-state index in [1.807, 2.05) is 0 Å². The fourth-order valence-electron chi connectivity index (χ4n) is 2.40. The number of nitrogens with one attached hydrogen (secondary N) is 1. The van der Waals surface area contributed by atoms with Crippen molar-refractivity contribution < 1.29 is 22.7 Å². The Kier molecular flexibility index (Phi) is 6.79. The number of halogens is 1. The van der Waals surface area contributed by atoms with Crippen LogP contribution in [0.3, 0.4) is 0 Å². The highest BCUT2D eigenvalue weighted by Gasteiger charge is 2.25. The summed E-state index contributed by atoms with van der Waals surface area (Å²) in [5.74, 6) is -0.690. The topological polar surface area (TPSA) is 81.7 Å². The molecule has 1 aromatic rings. The van der Waals surface area contributed by atoms with Crippen LogP contribution in [0.25, 0.3) is 0 Å². The number of benzene rings is 1. The molecule has 1 aliphatic heterocycles. The molecule has 1 heterocycles. The molecule has 0 saturated carbocycles. The molecule has 0 bridgehead atoms. The Bertz CT molecular complexity index is 686. The zero-order valence-corrected chi connectivity index (χ0v) is 16.2. The highest BCUT2D eigenvalue weighted by atomic mass is 79.9. The van der Waals surface area contributed by atoms with Crippen molar-refractivity contribution in [3.8, 4) is 0 Å². The van der Waals surface area contributed by atoms with E-state index in [0.717, 1.165) is 19.3 Å². The predicted octanol–water partition coefficient (Wildman–Crippen LogP) is 2.54. The smallest absolute Gasteiger partial charge is 0.264 e. The van der Waals surface area contributed by atoms with Crippen molar-refractivity contribution in [1.82, 2.24) is 4.72 Å². The third-order valence-corrected chi connectivity index (χ3v) is 5.83. The van der Waals surface area contributed by atoms with Gasteiger partial charge in [0.05, 0.1) is 17.6 Å². The van der Waals surface area contributed by atoms with Crippen LogP contribution in [-0.4, -0.2) is 39.7 Å². The number of sulfonamides is 1. The fourth-order valence-corrected chi connectivity index (χ4v) is 4.23. The molecule has 2 rings (SSSR count). The van der Waals surface area contributed by atoms with Crippen molar-refractivity contribution in [2.45, 2.75) is 50.2 Å². The summed E-state index contributed by atoms with van der Waals surface area (Å²) < 4.78 is 38.5. The molecule has 1 aliphatic rings. The minimum atomic E-state index is -3.94. The van der Waals surface area contributed by atoms with Crippen molar-refractivity contribution in [2.24, 2.45) is 0 Å². The molecule has 24 heavy (non-hydrogen) atoms. The summed E-state index contributed by atoms with van der Waals surface area (Å²) >= 11 is 3.24. The van der Waals surface area contributed by atoms with E-state index in [2.05, 4.69) is 20.7 Å². The SMILES string of the molecule is Cc1ccc(Br)cc1S(=O)(=O)NC(=O)[C@H](C)OC[C@@H]1CCCCO1. The Labute approximate surface area is 151 Å². The lowest BCUT2D eigenvalue weighted by molar-refractivity contribution is -0.133. The molecule has 6 nitrogen and oxygen atoms in total. The van der Waals surface area contributed by atoms with Gasteiger partial charge in [0.25, 0.3) is 15.9 Å².